The van der Waals surface area contributed by atoms with Crippen molar-refractivity contribution in [1.82, 2.24) is 0 Å². The maximum atomic E-state index is 11.5. The molecule has 114 valence electrons. The highest BCUT2D eigenvalue weighted by Crippen LogP contribution is 2.38. The lowest BCUT2D eigenvalue weighted by atomic mass is 10.1. The second-order valence-corrected chi connectivity index (χ2v) is 4.15. The van der Waals surface area contributed by atoms with Crippen LogP contribution in [0.15, 0.2) is 24.8 Å². The summed E-state index contributed by atoms with van der Waals surface area (Å²) in [5.74, 6) is 0.0453. The van der Waals surface area contributed by atoms with Crippen molar-refractivity contribution in [3.8, 4) is 11.5 Å². The van der Waals surface area contributed by atoms with Crippen LogP contribution >= 0.6 is 0 Å². The van der Waals surface area contributed by atoms with Gasteiger partial charge in [-0.05, 0) is 13.0 Å². The normalized spacial score (nSPS) is 11.4. The molecule has 0 spiro atoms. The van der Waals surface area contributed by atoms with Crippen LogP contribution in [0, 0.1) is 10.1 Å². The first-order valence-corrected chi connectivity index (χ1v) is 6.15. The fourth-order valence-corrected chi connectivity index (χ4v) is 1.79. The standard InChI is InChI=1S/C14H17NO6/c1-5-6-14(16)21-9(2)10-7-12(19-3)13(20-4)8-11(10)15(17)18/h5,7-9H,1,6H2,2-4H3. The quantitative estimate of drug-likeness (QED) is 0.332. The van der Waals surface area contributed by atoms with Crippen LogP contribution in [0.2, 0.25) is 0 Å². The van der Waals surface area contributed by atoms with Crippen molar-refractivity contribution in [1.29, 1.82) is 0 Å². The molecule has 1 unspecified atom stereocenters. The first-order chi connectivity index (χ1) is 9.94. The van der Waals surface area contributed by atoms with Gasteiger partial charge in [-0.3, -0.25) is 14.9 Å². The molecule has 21 heavy (non-hydrogen) atoms. The fraction of sp³-hybridized carbons (Fsp3) is 0.357. The van der Waals surface area contributed by atoms with Crippen molar-refractivity contribution in [2.24, 2.45) is 0 Å². The summed E-state index contributed by atoms with van der Waals surface area (Å²) in [6.45, 7) is 4.98. The van der Waals surface area contributed by atoms with Crippen LogP contribution in [-0.4, -0.2) is 25.1 Å². The molecule has 0 radical (unpaired) electrons. The number of carbonyl (C=O) groups is 1. The third-order valence-corrected chi connectivity index (χ3v) is 2.79. The summed E-state index contributed by atoms with van der Waals surface area (Å²) in [6.07, 6.45) is 0.640. The minimum atomic E-state index is -0.794. The third-order valence-electron chi connectivity index (χ3n) is 2.79. The minimum absolute atomic E-state index is 0.0332. The molecule has 0 amide bonds. The zero-order valence-corrected chi connectivity index (χ0v) is 12.1. The van der Waals surface area contributed by atoms with Crippen molar-refractivity contribution in [2.45, 2.75) is 19.4 Å². The van der Waals surface area contributed by atoms with E-state index in [9.17, 15) is 14.9 Å². The predicted molar refractivity (Wildman–Crippen MR) is 75.5 cm³/mol. The van der Waals surface area contributed by atoms with E-state index in [1.807, 2.05) is 0 Å². The lowest BCUT2D eigenvalue weighted by Gasteiger charge is -2.16. The Morgan fingerprint density at radius 2 is 1.95 bits per heavy atom. The summed E-state index contributed by atoms with van der Waals surface area (Å²) < 4.78 is 15.3. The maximum absolute atomic E-state index is 11.5. The van der Waals surface area contributed by atoms with Gasteiger partial charge in [-0.25, -0.2) is 0 Å². The van der Waals surface area contributed by atoms with E-state index in [0.29, 0.717) is 5.75 Å². The molecule has 0 saturated carbocycles. The molecular formula is C14H17NO6. The van der Waals surface area contributed by atoms with Gasteiger partial charge in [0, 0.05) is 0 Å². The molecule has 0 N–H and O–H groups in total. The first-order valence-electron chi connectivity index (χ1n) is 6.15. The van der Waals surface area contributed by atoms with Crippen LogP contribution in [0.25, 0.3) is 0 Å². The molecule has 0 aliphatic rings. The second kappa shape index (κ2) is 7.28. The Labute approximate surface area is 122 Å². The van der Waals surface area contributed by atoms with Crippen LogP contribution in [0.1, 0.15) is 25.0 Å². The number of hydrogen-bond acceptors (Lipinski definition) is 6. The van der Waals surface area contributed by atoms with E-state index in [4.69, 9.17) is 14.2 Å². The lowest BCUT2D eigenvalue weighted by Crippen LogP contribution is -2.10. The summed E-state index contributed by atoms with van der Waals surface area (Å²) >= 11 is 0. The summed E-state index contributed by atoms with van der Waals surface area (Å²) in [5, 5.41) is 11.2. The van der Waals surface area contributed by atoms with Gasteiger partial charge in [-0.2, -0.15) is 0 Å². The fourth-order valence-electron chi connectivity index (χ4n) is 1.79. The molecule has 7 heteroatoms. The number of nitro benzene ring substituents is 1. The Morgan fingerprint density at radius 3 is 2.43 bits per heavy atom. The van der Waals surface area contributed by atoms with E-state index >= 15 is 0 Å². The second-order valence-electron chi connectivity index (χ2n) is 4.15. The topological polar surface area (TPSA) is 87.9 Å². The molecule has 1 aromatic carbocycles. The summed E-state index contributed by atoms with van der Waals surface area (Å²) in [7, 11) is 2.80. The van der Waals surface area contributed by atoms with E-state index in [-0.39, 0.29) is 23.4 Å². The number of nitro groups is 1. The van der Waals surface area contributed by atoms with Gasteiger partial charge in [0.2, 0.25) is 0 Å². The average molecular weight is 295 g/mol. The van der Waals surface area contributed by atoms with Crippen LogP contribution in [0.3, 0.4) is 0 Å². The number of nitrogens with zero attached hydrogens (tertiary/aromatic N) is 1. The Balaban J connectivity index is 3.22. The summed E-state index contributed by atoms with van der Waals surface area (Å²) in [5.41, 5.74) is 0.0293. The van der Waals surface area contributed by atoms with Gasteiger partial charge in [-0.15, -0.1) is 6.58 Å². The van der Waals surface area contributed by atoms with Gasteiger partial charge in [0.05, 0.1) is 37.2 Å². The van der Waals surface area contributed by atoms with E-state index in [2.05, 4.69) is 6.58 Å². The first kappa shape index (κ1) is 16.5. The smallest absolute Gasteiger partial charge is 0.310 e. The number of hydrogen-bond donors (Lipinski definition) is 0. The van der Waals surface area contributed by atoms with Crippen molar-refractivity contribution < 1.29 is 23.9 Å². The van der Waals surface area contributed by atoms with Gasteiger partial charge in [-0.1, -0.05) is 6.08 Å². The number of methoxy groups -OCH3 is 2. The Hall–Kier alpha value is -2.57. The van der Waals surface area contributed by atoms with E-state index < -0.39 is 17.0 Å². The molecule has 0 aliphatic carbocycles. The Morgan fingerprint density at radius 1 is 1.38 bits per heavy atom. The molecule has 0 aliphatic heterocycles. The van der Waals surface area contributed by atoms with Gasteiger partial charge < -0.3 is 14.2 Å². The summed E-state index contributed by atoms with van der Waals surface area (Å²) in [6, 6.07) is 2.68. The van der Waals surface area contributed by atoms with Gasteiger partial charge in [0.15, 0.2) is 11.5 Å². The highest BCUT2D eigenvalue weighted by Gasteiger charge is 2.25. The molecule has 0 aromatic heterocycles. The van der Waals surface area contributed by atoms with E-state index in [1.54, 1.807) is 6.92 Å². The largest absolute Gasteiger partial charge is 0.493 e. The molecule has 7 nitrogen and oxygen atoms in total. The molecule has 0 heterocycles. The van der Waals surface area contributed by atoms with Crippen LogP contribution in [-0.2, 0) is 9.53 Å². The molecule has 0 fully saturated rings. The molecule has 1 atom stereocenters. The molecule has 1 rings (SSSR count). The van der Waals surface area contributed by atoms with Gasteiger partial charge >= 0.3 is 5.97 Å². The number of ether oxygens (including phenoxy) is 3. The molecule has 0 bridgehead atoms. The van der Waals surface area contributed by atoms with Gasteiger partial charge in [0.25, 0.3) is 5.69 Å². The number of carbonyl (C=O) groups excluding carboxylic acids is 1. The van der Waals surface area contributed by atoms with Crippen molar-refractivity contribution in [3.05, 3.63) is 40.5 Å². The van der Waals surface area contributed by atoms with E-state index in [0.717, 1.165) is 0 Å². The van der Waals surface area contributed by atoms with E-state index in [1.165, 1.54) is 32.4 Å². The van der Waals surface area contributed by atoms with Gasteiger partial charge in [0.1, 0.15) is 6.10 Å². The molecule has 1 aromatic rings. The third kappa shape index (κ3) is 3.95. The zero-order chi connectivity index (χ0) is 16.0. The summed E-state index contributed by atoms with van der Waals surface area (Å²) in [4.78, 5) is 22.1. The average Bonchev–Trinajstić information content (AvgIpc) is 2.45. The predicted octanol–water partition coefficient (Wildman–Crippen LogP) is 2.79. The Bertz CT molecular complexity index is 555. The van der Waals surface area contributed by atoms with Crippen LogP contribution < -0.4 is 9.47 Å². The Kier molecular flexibility index (Phi) is 5.71. The monoisotopic (exact) mass is 295 g/mol. The van der Waals surface area contributed by atoms with Crippen molar-refractivity contribution in [2.75, 3.05) is 14.2 Å². The number of esters is 1. The lowest BCUT2D eigenvalue weighted by molar-refractivity contribution is -0.386. The highest BCUT2D eigenvalue weighted by molar-refractivity contribution is 5.71. The van der Waals surface area contributed by atoms with Crippen molar-refractivity contribution in [3.63, 3.8) is 0 Å². The van der Waals surface area contributed by atoms with Crippen molar-refractivity contribution >= 4 is 11.7 Å². The SMILES string of the molecule is C=CCC(=O)OC(C)c1cc(OC)c(OC)cc1[N+](=O)[O-]. The molecular weight excluding hydrogens is 278 g/mol. The molecule has 0 saturated heterocycles. The maximum Gasteiger partial charge on any atom is 0.310 e. The van der Waals surface area contributed by atoms with Crippen LogP contribution in [0.5, 0.6) is 11.5 Å². The number of benzene rings is 1. The highest BCUT2D eigenvalue weighted by atomic mass is 16.6. The zero-order valence-electron chi connectivity index (χ0n) is 12.1. The van der Waals surface area contributed by atoms with Crippen LogP contribution in [0.4, 0.5) is 5.69 Å². The number of rotatable bonds is 7. The minimum Gasteiger partial charge on any atom is -0.493 e.